The Morgan fingerprint density at radius 2 is 1.97 bits per heavy atom. The van der Waals surface area contributed by atoms with Crippen LogP contribution in [0.3, 0.4) is 0 Å². The monoisotopic (exact) mass is 424 g/mol. The highest BCUT2D eigenvalue weighted by atomic mass is 35.5. The fraction of sp³-hybridized carbons (Fsp3) is 0.333. The number of aryl methyl sites for hydroxylation is 1. The molecule has 2 N–H and O–H groups in total. The van der Waals surface area contributed by atoms with Crippen molar-refractivity contribution in [1.29, 1.82) is 0 Å². The first-order chi connectivity index (χ1) is 14.4. The van der Waals surface area contributed by atoms with Gasteiger partial charge in [0.05, 0.1) is 11.1 Å². The topological polar surface area (TPSA) is 71.5 Å². The SMILES string of the molecule is Cc1cc([C@@H](C)Nc2ccccc2C(=O)O)c2cc(C3CCOCC3)c(Cl)nc2c1. The van der Waals surface area contributed by atoms with Gasteiger partial charge in [-0.2, -0.15) is 0 Å². The molecule has 5 nitrogen and oxygen atoms in total. The summed E-state index contributed by atoms with van der Waals surface area (Å²) in [7, 11) is 0. The van der Waals surface area contributed by atoms with Crippen LogP contribution >= 0.6 is 11.6 Å². The van der Waals surface area contributed by atoms with Crippen molar-refractivity contribution in [3.05, 3.63) is 69.9 Å². The van der Waals surface area contributed by atoms with E-state index in [1.807, 2.05) is 26.0 Å². The number of carbonyl (C=O) groups is 1. The second kappa shape index (κ2) is 8.62. The molecule has 0 aliphatic carbocycles. The number of nitrogens with zero attached hydrogens (tertiary/aromatic N) is 1. The predicted molar refractivity (Wildman–Crippen MR) is 120 cm³/mol. The van der Waals surface area contributed by atoms with Gasteiger partial charge in [0.2, 0.25) is 0 Å². The minimum atomic E-state index is -0.949. The average molecular weight is 425 g/mol. The van der Waals surface area contributed by atoms with Crippen LogP contribution in [-0.2, 0) is 4.74 Å². The predicted octanol–water partition coefficient (Wildman–Crippen LogP) is 5.96. The number of rotatable bonds is 5. The fourth-order valence-corrected chi connectivity index (χ4v) is 4.50. The molecule has 1 aromatic heterocycles. The summed E-state index contributed by atoms with van der Waals surface area (Å²) in [5.41, 5.74) is 4.92. The Bertz CT molecular complexity index is 1090. The number of para-hydroxylation sites is 1. The van der Waals surface area contributed by atoms with Crippen LogP contribution in [0.5, 0.6) is 0 Å². The molecule has 1 aliphatic heterocycles. The molecule has 1 aliphatic rings. The molecule has 2 aromatic carbocycles. The zero-order chi connectivity index (χ0) is 21.3. The van der Waals surface area contributed by atoms with Gasteiger partial charge in [-0.3, -0.25) is 0 Å². The van der Waals surface area contributed by atoms with E-state index >= 15 is 0 Å². The summed E-state index contributed by atoms with van der Waals surface area (Å²) in [5.74, 6) is -0.608. The highest BCUT2D eigenvalue weighted by Crippen LogP contribution is 2.36. The van der Waals surface area contributed by atoms with E-state index in [0.717, 1.165) is 53.6 Å². The number of fused-ring (bicyclic) bond motifs is 1. The molecule has 1 atom stereocenters. The van der Waals surface area contributed by atoms with Crippen molar-refractivity contribution >= 4 is 34.2 Å². The van der Waals surface area contributed by atoms with E-state index in [2.05, 4.69) is 17.4 Å². The number of hydrogen-bond acceptors (Lipinski definition) is 4. The molecule has 1 fully saturated rings. The van der Waals surface area contributed by atoms with Gasteiger partial charge in [-0.1, -0.05) is 29.8 Å². The molecule has 0 unspecified atom stereocenters. The molecule has 3 aromatic rings. The lowest BCUT2D eigenvalue weighted by molar-refractivity contribution is 0.0698. The first-order valence-electron chi connectivity index (χ1n) is 10.2. The van der Waals surface area contributed by atoms with E-state index in [9.17, 15) is 9.90 Å². The van der Waals surface area contributed by atoms with Crippen LogP contribution in [0.25, 0.3) is 10.9 Å². The number of carboxylic acids is 1. The molecular formula is C24H25ClN2O3. The van der Waals surface area contributed by atoms with Crippen LogP contribution in [0.1, 0.15) is 58.8 Å². The molecule has 0 radical (unpaired) electrons. The smallest absolute Gasteiger partial charge is 0.337 e. The van der Waals surface area contributed by atoms with Crippen molar-refractivity contribution < 1.29 is 14.6 Å². The van der Waals surface area contributed by atoms with Crippen LogP contribution in [0.4, 0.5) is 5.69 Å². The van der Waals surface area contributed by atoms with Gasteiger partial charge < -0.3 is 15.2 Å². The molecule has 0 spiro atoms. The number of carboxylic acid groups (broad SMARTS) is 1. The number of ether oxygens (including phenoxy) is 1. The first kappa shape index (κ1) is 20.6. The summed E-state index contributed by atoms with van der Waals surface area (Å²) in [5, 5.41) is 14.5. The van der Waals surface area contributed by atoms with Crippen LogP contribution < -0.4 is 5.32 Å². The van der Waals surface area contributed by atoms with Gasteiger partial charge in [-0.05, 0) is 73.6 Å². The van der Waals surface area contributed by atoms with E-state index in [-0.39, 0.29) is 11.6 Å². The van der Waals surface area contributed by atoms with Gasteiger partial charge in [0.25, 0.3) is 0 Å². The second-order valence-electron chi connectivity index (χ2n) is 7.89. The van der Waals surface area contributed by atoms with Crippen molar-refractivity contribution in [3.8, 4) is 0 Å². The lowest BCUT2D eigenvalue weighted by Gasteiger charge is -2.24. The summed E-state index contributed by atoms with van der Waals surface area (Å²) in [6.45, 7) is 5.55. The second-order valence-corrected chi connectivity index (χ2v) is 8.25. The zero-order valence-electron chi connectivity index (χ0n) is 17.1. The van der Waals surface area contributed by atoms with Gasteiger partial charge in [0, 0.05) is 30.3 Å². The lowest BCUT2D eigenvalue weighted by atomic mass is 9.90. The molecule has 0 saturated carbocycles. The number of aromatic nitrogens is 1. The third-order valence-corrected chi connectivity index (χ3v) is 6.05. The van der Waals surface area contributed by atoms with Crippen LogP contribution in [0, 0.1) is 6.92 Å². The maximum atomic E-state index is 11.6. The van der Waals surface area contributed by atoms with Crippen LogP contribution in [-0.4, -0.2) is 29.3 Å². The molecule has 1 saturated heterocycles. The molecule has 0 amide bonds. The molecular weight excluding hydrogens is 400 g/mol. The van der Waals surface area contributed by atoms with Crippen molar-refractivity contribution in [2.45, 2.75) is 38.6 Å². The van der Waals surface area contributed by atoms with Gasteiger partial charge >= 0.3 is 5.97 Å². The number of hydrogen-bond donors (Lipinski definition) is 2. The summed E-state index contributed by atoms with van der Waals surface area (Å²) in [6, 6.07) is 13.2. The molecule has 30 heavy (non-hydrogen) atoms. The Hall–Kier alpha value is -2.63. The molecule has 156 valence electrons. The van der Waals surface area contributed by atoms with Crippen molar-refractivity contribution in [3.63, 3.8) is 0 Å². The normalized spacial score (nSPS) is 15.8. The van der Waals surface area contributed by atoms with Crippen molar-refractivity contribution in [1.82, 2.24) is 4.98 Å². The van der Waals surface area contributed by atoms with E-state index < -0.39 is 5.97 Å². The number of benzene rings is 2. The van der Waals surface area contributed by atoms with Crippen LogP contribution in [0.2, 0.25) is 5.15 Å². The molecule has 6 heteroatoms. The third kappa shape index (κ3) is 4.13. The largest absolute Gasteiger partial charge is 0.478 e. The van der Waals surface area contributed by atoms with Crippen molar-refractivity contribution in [2.24, 2.45) is 0 Å². The number of nitrogens with one attached hydrogen (secondary N) is 1. The molecule has 0 bridgehead atoms. The number of halogens is 1. The van der Waals surface area contributed by atoms with E-state index in [1.54, 1.807) is 18.2 Å². The van der Waals surface area contributed by atoms with E-state index in [4.69, 9.17) is 21.3 Å². The number of aromatic carboxylic acids is 1. The van der Waals surface area contributed by atoms with E-state index in [1.165, 1.54) is 0 Å². The third-order valence-electron chi connectivity index (χ3n) is 5.75. The first-order valence-corrected chi connectivity index (χ1v) is 10.6. The summed E-state index contributed by atoms with van der Waals surface area (Å²) >= 11 is 6.57. The van der Waals surface area contributed by atoms with Crippen molar-refractivity contribution in [2.75, 3.05) is 18.5 Å². The number of anilines is 1. The standard InChI is InChI=1S/C24H25ClN2O3/c1-14-11-18(15(2)26-21-6-4-3-5-17(21)24(28)29)20-13-19(16-7-9-30-10-8-16)23(25)27-22(20)12-14/h3-6,11-13,15-16,26H,7-10H2,1-2H3,(H,28,29)/t15-/m1/s1. The minimum absolute atomic E-state index is 0.113. The maximum Gasteiger partial charge on any atom is 0.337 e. The minimum Gasteiger partial charge on any atom is -0.478 e. The fourth-order valence-electron chi connectivity index (χ4n) is 4.20. The Morgan fingerprint density at radius 3 is 2.70 bits per heavy atom. The lowest BCUT2D eigenvalue weighted by Crippen LogP contribution is -2.15. The Balaban J connectivity index is 1.76. The zero-order valence-corrected chi connectivity index (χ0v) is 17.9. The summed E-state index contributed by atoms with van der Waals surface area (Å²) < 4.78 is 5.50. The van der Waals surface area contributed by atoms with Gasteiger partial charge in [-0.25, -0.2) is 9.78 Å². The Morgan fingerprint density at radius 1 is 1.23 bits per heavy atom. The Kier molecular flexibility index (Phi) is 5.93. The van der Waals surface area contributed by atoms with Gasteiger partial charge in [-0.15, -0.1) is 0 Å². The molecule has 4 rings (SSSR count). The highest BCUT2D eigenvalue weighted by Gasteiger charge is 2.22. The Labute approximate surface area is 181 Å². The van der Waals surface area contributed by atoms with Crippen LogP contribution in [0.15, 0.2) is 42.5 Å². The number of pyridine rings is 1. The quantitative estimate of drug-likeness (QED) is 0.494. The van der Waals surface area contributed by atoms with Gasteiger partial charge in [0.15, 0.2) is 0 Å². The summed E-state index contributed by atoms with van der Waals surface area (Å²) in [4.78, 5) is 16.3. The average Bonchev–Trinajstić information content (AvgIpc) is 2.73. The summed E-state index contributed by atoms with van der Waals surface area (Å²) in [6.07, 6.45) is 1.88. The highest BCUT2D eigenvalue weighted by molar-refractivity contribution is 6.30. The molecule has 2 heterocycles. The van der Waals surface area contributed by atoms with Gasteiger partial charge in [0.1, 0.15) is 5.15 Å². The maximum absolute atomic E-state index is 11.6. The van der Waals surface area contributed by atoms with E-state index in [0.29, 0.717) is 16.8 Å².